The third kappa shape index (κ3) is 3.42. The van der Waals surface area contributed by atoms with Crippen LogP contribution in [0, 0.1) is 0 Å². The van der Waals surface area contributed by atoms with Crippen molar-refractivity contribution in [3.8, 4) is 0 Å². The zero-order valence-electron chi connectivity index (χ0n) is 10.0. The number of carboxylic acid groups (broad SMARTS) is 1. The maximum atomic E-state index is 12.1. The third-order valence-electron chi connectivity index (χ3n) is 2.25. The molecule has 7 nitrogen and oxygen atoms in total. The van der Waals surface area contributed by atoms with E-state index >= 15 is 0 Å². The maximum Gasteiger partial charge on any atom is 0.471 e. The zero-order valence-corrected chi connectivity index (χ0v) is 10.0. The van der Waals surface area contributed by atoms with Crippen LogP contribution in [0.5, 0.6) is 0 Å². The number of alkyl halides is 3. The van der Waals surface area contributed by atoms with Gasteiger partial charge in [0.15, 0.2) is 5.82 Å². The summed E-state index contributed by atoms with van der Waals surface area (Å²) in [7, 11) is 1.29. The lowest BCUT2D eigenvalue weighted by Gasteiger charge is -2.14. The Bertz CT molecular complexity index is 497. The Labute approximate surface area is 105 Å². The fourth-order valence-corrected chi connectivity index (χ4v) is 1.33. The highest BCUT2D eigenvalue weighted by atomic mass is 19.4. The molecule has 2 N–H and O–H groups in total. The van der Waals surface area contributed by atoms with Gasteiger partial charge in [-0.1, -0.05) is 6.92 Å². The molecule has 0 aliphatic rings. The molecule has 0 bridgehead atoms. The van der Waals surface area contributed by atoms with E-state index in [9.17, 15) is 22.8 Å². The van der Waals surface area contributed by atoms with Crippen LogP contribution in [0.4, 0.5) is 13.2 Å². The van der Waals surface area contributed by atoms with Gasteiger partial charge in [-0.25, -0.2) is 14.5 Å². The molecule has 0 fully saturated rings. The molecular formula is C9H11F3N4O3. The molecular weight excluding hydrogens is 269 g/mol. The molecule has 10 heteroatoms. The number of aromatic carboxylic acids is 1. The van der Waals surface area contributed by atoms with Crippen LogP contribution in [-0.2, 0) is 11.8 Å². The van der Waals surface area contributed by atoms with Gasteiger partial charge in [0.05, 0.1) is 6.04 Å². The second kappa shape index (κ2) is 5.24. The summed E-state index contributed by atoms with van der Waals surface area (Å²) in [4.78, 5) is 25.1. The van der Waals surface area contributed by atoms with Gasteiger partial charge in [-0.2, -0.15) is 18.3 Å². The van der Waals surface area contributed by atoms with Crippen molar-refractivity contribution >= 4 is 11.9 Å². The number of aryl methyl sites for hydroxylation is 1. The number of amides is 1. The Morgan fingerprint density at radius 1 is 1.47 bits per heavy atom. The average molecular weight is 280 g/mol. The third-order valence-corrected chi connectivity index (χ3v) is 2.25. The van der Waals surface area contributed by atoms with Gasteiger partial charge in [-0.3, -0.25) is 4.79 Å². The SMILES string of the molecule is CC[C@H](NC(=O)C(F)(F)F)c1nc(C(=O)O)n(C)n1. The molecule has 1 heterocycles. The van der Waals surface area contributed by atoms with Crippen LogP contribution >= 0.6 is 0 Å². The van der Waals surface area contributed by atoms with Gasteiger partial charge >= 0.3 is 18.1 Å². The highest BCUT2D eigenvalue weighted by molar-refractivity contribution is 5.83. The summed E-state index contributed by atoms with van der Waals surface area (Å²) < 4.78 is 37.3. The van der Waals surface area contributed by atoms with E-state index in [1.807, 2.05) is 0 Å². The monoisotopic (exact) mass is 280 g/mol. The maximum absolute atomic E-state index is 12.1. The number of aromatic nitrogens is 3. The first-order chi connectivity index (χ1) is 8.66. The lowest BCUT2D eigenvalue weighted by molar-refractivity contribution is -0.174. The van der Waals surface area contributed by atoms with Crippen molar-refractivity contribution in [2.45, 2.75) is 25.6 Å². The van der Waals surface area contributed by atoms with Crippen LogP contribution in [0.15, 0.2) is 0 Å². The lowest BCUT2D eigenvalue weighted by Crippen LogP contribution is -2.39. The molecule has 0 aliphatic heterocycles. The van der Waals surface area contributed by atoms with Gasteiger partial charge in [0.2, 0.25) is 5.82 Å². The van der Waals surface area contributed by atoms with Gasteiger partial charge in [0, 0.05) is 7.05 Å². The number of hydrogen-bond donors (Lipinski definition) is 2. The molecule has 1 atom stereocenters. The number of nitrogens with zero attached hydrogens (tertiary/aromatic N) is 3. The van der Waals surface area contributed by atoms with Crippen LogP contribution in [0.2, 0.25) is 0 Å². The number of rotatable bonds is 4. The van der Waals surface area contributed by atoms with E-state index in [-0.39, 0.29) is 12.2 Å². The van der Waals surface area contributed by atoms with E-state index in [1.165, 1.54) is 14.0 Å². The largest absolute Gasteiger partial charge is 0.475 e. The molecule has 0 unspecified atom stereocenters. The highest BCUT2D eigenvalue weighted by Gasteiger charge is 2.40. The van der Waals surface area contributed by atoms with Crippen LogP contribution in [0.1, 0.15) is 35.8 Å². The molecule has 1 aromatic heterocycles. The number of carbonyl (C=O) groups is 2. The van der Waals surface area contributed by atoms with E-state index in [0.717, 1.165) is 4.68 Å². The Kier molecular flexibility index (Phi) is 4.12. The van der Waals surface area contributed by atoms with Crippen LogP contribution in [0.25, 0.3) is 0 Å². The topological polar surface area (TPSA) is 97.1 Å². The molecule has 1 amide bonds. The number of hydrogen-bond acceptors (Lipinski definition) is 4. The predicted molar refractivity (Wildman–Crippen MR) is 55.2 cm³/mol. The number of carbonyl (C=O) groups excluding carboxylic acids is 1. The van der Waals surface area contributed by atoms with Crippen molar-refractivity contribution in [1.82, 2.24) is 20.1 Å². The first-order valence-electron chi connectivity index (χ1n) is 5.18. The summed E-state index contributed by atoms with van der Waals surface area (Å²) in [6.45, 7) is 1.51. The van der Waals surface area contributed by atoms with Gasteiger partial charge in [-0.05, 0) is 6.42 Å². The molecule has 0 aromatic carbocycles. The van der Waals surface area contributed by atoms with Crippen molar-refractivity contribution < 1.29 is 27.9 Å². The minimum Gasteiger partial charge on any atom is -0.475 e. The van der Waals surface area contributed by atoms with Crippen molar-refractivity contribution in [3.05, 3.63) is 11.6 Å². The number of halogens is 3. The second-order valence-electron chi connectivity index (χ2n) is 3.65. The number of nitrogens with one attached hydrogen (secondary N) is 1. The van der Waals surface area contributed by atoms with Gasteiger partial charge in [0.25, 0.3) is 0 Å². The number of carboxylic acids is 1. The molecule has 1 aromatic rings. The highest BCUT2D eigenvalue weighted by Crippen LogP contribution is 2.19. The van der Waals surface area contributed by atoms with E-state index in [1.54, 1.807) is 5.32 Å². The summed E-state index contributed by atoms with van der Waals surface area (Å²) >= 11 is 0. The first-order valence-corrected chi connectivity index (χ1v) is 5.18. The Morgan fingerprint density at radius 2 is 2.05 bits per heavy atom. The van der Waals surface area contributed by atoms with E-state index in [0.29, 0.717) is 0 Å². The quantitative estimate of drug-likeness (QED) is 0.843. The molecule has 19 heavy (non-hydrogen) atoms. The van der Waals surface area contributed by atoms with Crippen LogP contribution < -0.4 is 5.32 Å². The summed E-state index contributed by atoms with van der Waals surface area (Å²) in [6.07, 6.45) is -4.93. The van der Waals surface area contributed by atoms with E-state index < -0.39 is 29.9 Å². The van der Waals surface area contributed by atoms with E-state index in [4.69, 9.17) is 5.11 Å². The summed E-state index contributed by atoms with van der Waals surface area (Å²) in [5.41, 5.74) is 0. The second-order valence-corrected chi connectivity index (χ2v) is 3.65. The molecule has 106 valence electrons. The predicted octanol–water partition coefficient (Wildman–Crippen LogP) is 0.643. The molecule has 0 spiro atoms. The zero-order chi connectivity index (χ0) is 14.8. The van der Waals surface area contributed by atoms with Crippen LogP contribution in [0.3, 0.4) is 0 Å². The Hall–Kier alpha value is -2.13. The summed E-state index contributed by atoms with van der Waals surface area (Å²) in [5, 5.41) is 14.1. The first kappa shape index (κ1) is 14.9. The standard InChI is InChI=1S/C9H11F3N4O3/c1-3-4(13-8(19)9(10,11)12)5-14-6(7(17)18)16(2)15-5/h4H,3H2,1-2H3,(H,13,19)(H,17,18)/t4-/m0/s1. The van der Waals surface area contributed by atoms with Gasteiger partial charge < -0.3 is 10.4 Å². The summed E-state index contributed by atoms with van der Waals surface area (Å²) in [6, 6.07) is -1.10. The molecule has 0 saturated carbocycles. The molecule has 0 radical (unpaired) electrons. The Morgan fingerprint density at radius 3 is 2.42 bits per heavy atom. The smallest absolute Gasteiger partial charge is 0.471 e. The van der Waals surface area contributed by atoms with Crippen molar-refractivity contribution in [1.29, 1.82) is 0 Å². The van der Waals surface area contributed by atoms with Crippen molar-refractivity contribution in [2.75, 3.05) is 0 Å². The van der Waals surface area contributed by atoms with E-state index in [2.05, 4.69) is 10.1 Å². The fraction of sp³-hybridized carbons (Fsp3) is 0.556. The van der Waals surface area contributed by atoms with Gasteiger partial charge in [0.1, 0.15) is 0 Å². The normalized spacial score (nSPS) is 13.1. The minimum absolute atomic E-state index is 0.0882. The fourth-order valence-electron chi connectivity index (χ4n) is 1.33. The van der Waals surface area contributed by atoms with Crippen LogP contribution in [-0.4, -0.2) is 37.9 Å². The van der Waals surface area contributed by atoms with Gasteiger partial charge in [-0.15, -0.1) is 0 Å². The molecule has 0 saturated heterocycles. The molecule has 1 rings (SSSR count). The van der Waals surface area contributed by atoms with Crippen molar-refractivity contribution in [2.24, 2.45) is 7.05 Å². The average Bonchev–Trinajstić information content (AvgIpc) is 2.66. The minimum atomic E-state index is -5.02. The molecule has 0 aliphatic carbocycles. The lowest BCUT2D eigenvalue weighted by atomic mass is 10.2. The van der Waals surface area contributed by atoms with Crippen molar-refractivity contribution in [3.63, 3.8) is 0 Å². The Balaban J connectivity index is 2.95. The summed E-state index contributed by atoms with van der Waals surface area (Å²) in [5.74, 6) is -4.09.